The third-order valence-corrected chi connectivity index (χ3v) is 16.1. The number of rotatable bonds is 10. The second-order valence-electron chi connectivity index (χ2n) is 20.8. The van der Waals surface area contributed by atoms with Gasteiger partial charge in [0, 0.05) is 32.9 Å². The Balaban J connectivity index is 0.884. The number of para-hydroxylation sites is 3. The molecule has 0 amide bonds. The van der Waals surface area contributed by atoms with Crippen LogP contribution in [0.25, 0.3) is 144 Å². The molecule has 0 aliphatic heterocycles. The Labute approximate surface area is 466 Å². The van der Waals surface area contributed by atoms with Crippen molar-refractivity contribution in [2.24, 2.45) is 0 Å². The van der Waals surface area contributed by atoms with E-state index in [4.69, 9.17) is 0 Å². The third-order valence-electron chi connectivity index (χ3n) is 16.1. The largest absolute Gasteiger partial charge is 0.309 e. The van der Waals surface area contributed by atoms with Crippen LogP contribution < -0.4 is 0 Å². The molecule has 15 aromatic rings. The molecule has 0 atom stereocenters. The van der Waals surface area contributed by atoms with Gasteiger partial charge in [-0.05, 0) is 174 Å². The first-order valence-electron chi connectivity index (χ1n) is 27.6. The van der Waals surface area contributed by atoms with Gasteiger partial charge in [-0.2, -0.15) is 0 Å². The van der Waals surface area contributed by atoms with Gasteiger partial charge in [-0.1, -0.05) is 231 Å². The average molecular weight is 1020 g/mol. The molecule has 0 radical (unpaired) electrons. The molecule has 0 fully saturated rings. The number of fused-ring (bicyclic) bond motifs is 6. The predicted molar refractivity (Wildman–Crippen MR) is 339 cm³/mol. The van der Waals surface area contributed by atoms with Crippen LogP contribution in [0.1, 0.15) is 0 Å². The van der Waals surface area contributed by atoms with Gasteiger partial charge in [0.05, 0.1) is 22.1 Å². The highest BCUT2D eigenvalue weighted by atomic mass is 15.0. The fraction of sp³-hybridized carbons (Fsp3) is 0. The lowest BCUT2D eigenvalue weighted by Gasteiger charge is -2.20. The van der Waals surface area contributed by atoms with E-state index in [0.717, 1.165) is 33.6 Å². The first kappa shape index (κ1) is 46.7. The van der Waals surface area contributed by atoms with E-state index in [2.05, 4.69) is 325 Å². The van der Waals surface area contributed by atoms with E-state index in [1.165, 1.54) is 110 Å². The molecule has 0 aliphatic carbocycles. The third kappa shape index (κ3) is 8.30. The van der Waals surface area contributed by atoms with Crippen LogP contribution in [-0.2, 0) is 0 Å². The van der Waals surface area contributed by atoms with E-state index in [0.29, 0.717) is 0 Å². The summed E-state index contributed by atoms with van der Waals surface area (Å²) < 4.78 is 4.88. The summed E-state index contributed by atoms with van der Waals surface area (Å²) in [5.74, 6) is 0. The summed E-state index contributed by atoms with van der Waals surface area (Å²) in [6.45, 7) is 0. The Hall–Kier alpha value is -10.5. The standard InChI is InChI=1S/C78H52N2/c1-5-22-53(23-6-1)62-45-63(54-24-7-2-8-25-54)47-64(46-62)58-31-19-30-57(44-58)60-42-43-71-70-38-15-18-41-76(70)80(77(71)52-60)66-34-20-32-59(48-66)65-50-72(55-26-9-3-10-27-55)78(56-28-11-4-12-29-56)73(51-65)61-33-21-35-67(49-61)79-74-39-16-13-36-68(74)69-37-14-17-40-75(69)79/h1-52H. The summed E-state index contributed by atoms with van der Waals surface area (Å²) in [4.78, 5) is 0. The van der Waals surface area contributed by atoms with Gasteiger partial charge in [0.15, 0.2) is 0 Å². The average Bonchev–Trinajstić information content (AvgIpc) is 4.11. The van der Waals surface area contributed by atoms with Gasteiger partial charge >= 0.3 is 0 Å². The van der Waals surface area contributed by atoms with Crippen LogP contribution in [0.2, 0.25) is 0 Å². The summed E-state index contributed by atoms with van der Waals surface area (Å²) in [5, 5.41) is 4.94. The van der Waals surface area contributed by atoms with E-state index in [1.807, 2.05) is 0 Å². The number of benzene rings is 13. The van der Waals surface area contributed by atoms with Crippen LogP contribution in [0, 0.1) is 0 Å². The molecular weight excluding hydrogens is 965 g/mol. The first-order chi connectivity index (χ1) is 39.7. The summed E-state index contributed by atoms with van der Waals surface area (Å²) in [5.41, 5.74) is 25.8. The van der Waals surface area contributed by atoms with Crippen molar-refractivity contribution in [2.75, 3.05) is 0 Å². The fourth-order valence-electron chi connectivity index (χ4n) is 12.3. The van der Waals surface area contributed by atoms with Gasteiger partial charge in [-0.3, -0.25) is 0 Å². The van der Waals surface area contributed by atoms with Crippen LogP contribution in [-0.4, -0.2) is 9.13 Å². The van der Waals surface area contributed by atoms with E-state index in [1.54, 1.807) is 0 Å². The van der Waals surface area contributed by atoms with Crippen LogP contribution in [0.4, 0.5) is 0 Å². The number of hydrogen-bond donors (Lipinski definition) is 0. The monoisotopic (exact) mass is 1020 g/mol. The van der Waals surface area contributed by atoms with Crippen molar-refractivity contribution in [3.8, 4) is 100 Å². The molecular formula is C78H52N2. The predicted octanol–water partition coefficient (Wildman–Crippen LogP) is 21.2. The maximum Gasteiger partial charge on any atom is 0.0547 e. The van der Waals surface area contributed by atoms with Crippen molar-refractivity contribution < 1.29 is 0 Å². The van der Waals surface area contributed by atoms with Crippen molar-refractivity contribution in [1.29, 1.82) is 0 Å². The quantitative estimate of drug-likeness (QED) is 0.129. The van der Waals surface area contributed by atoms with Gasteiger partial charge in [-0.25, -0.2) is 0 Å². The molecule has 2 aromatic heterocycles. The number of nitrogens with zero attached hydrogens (tertiary/aromatic N) is 2. The van der Waals surface area contributed by atoms with Crippen molar-refractivity contribution in [1.82, 2.24) is 9.13 Å². The molecule has 2 heteroatoms. The lowest BCUT2D eigenvalue weighted by atomic mass is 9.84. The maximum absolute atomic E-state index is 2.46. The highest BCUT2D eigenvalue weighted by Gasteiger charge is 2.21. The Morgan fingerprint density at radius 1 is 0.163 bits per heavy atom. The van der Waals surface area contributed by atoms with Crippen LogP contribution >= 0.6 is 0 Å². The van der Waals surface area contributed by atoms with E-state index in [9.17, 15) is 0 Å². The minimum absolute atomic E-state index is 1.11. The van der Waals surface area contributed by atoms with Crippen molar-refractivity contribution in [2.45, 2.75) is 0 Å². The van der Waals surface area contributed by atoms with Crippen LogP contribution in [0.15, 0.2) is 315 Å². The lowest BCUT2D eigenvalue weighted by Crippen LogP contribution is -1.97. The van der Waals surface area contributed by atoms with Gasteiger partial charge in [-0.15, -0.1) is 0 Å². The minimum atomic E-state index is 1.11. The Bertz CT molecular complexity index is 4680. The van der Waals surface area contributed by atoms with Gasteiger partial charge < -0.3 is 9.13 Å². The molecule has 0 saturated heterocycles. The zero-order valence-electron chi connectivity index (χ0n) is 43.9. The van der Waals surface area contributed by atoms with E-state index < -0.39 is 0 Å². The second kappa shape index (κ2) is 19.8. The zero-order valence-corrected chi connectivity index (χ0v) is 43.9. The Kier molecular flexibility index (Phi) is 11.6. The number of hydrogen-bond acceptors (Lipinski definition) is 0. The molecule has 80 heavy (non-hydrogen) atoms. The molecule has 2 heterocycles. The summed E-state index contributed by atoms with van der Waals surface area (Å²) in [7, 11) is 0. The molecule has 2 nitrogen and oxygen atoms in total. The van der Waals surface area contributed by atoms with Gasteiger partial charge in [0.25, 0.3) is 0 Å². The van der Waals surface area contributed by atoms with E-state index >= 15 is 0 Å². The SMILES string of the molecule is c1ccc(-c2cc(-c3ccccc3)cc(-c3cccc(-c4ccc5c6ccccc6n(-c6cccc(-c7cc(-c8ccccc8)c(-c8ccccc8)c(-c8cccc(-n9c%10ccccc%10c%10ccccc%109)c8)c7)c6)c5c4)c3)c2)cc1. The Morgan fingerprint density at radius 3 is 1.02 bits per heavy atom. The van der Waals surface area contributed by atoms with Crippen molar-refractivity contribution in [3.05, 3.63) is 315 Å². The normalized spacial score (nSPS) is 11.5. The van der Waals surface area contributed by atoms with E-state index in [-0.39, 0.29) is 0 Å². The van der Waals surface area contributed by atoms with Crippen molar-refractivity contribution in [3.63, 3.8) is 0 Å². The van der Waals surface area contributed by atoms with Crippen LogP contribution in [0.5, 0.6) is 0 Å². The van der Waals surface area contributed by atoms with Gasteiger partial charge in [0.2, 0.25) is 0 Å². The highest BCUT2D eigenvalue weighted by Crippen LogP contribution is 2.45. The fourth-order valence-corrected chi connectivity index (χ4v) is 12.3. The molecule has 13 aromatic carbocycles. The molecule has 0 spiro atoms. The highest BCUT2D eigenvalue weighted by molar-refractivity contribution is 6.11. The smallest absolute Gasteiger partial charge is 0.0547 e. The topological polar surface area (TPSA) is 9.86 Å². The second-order valence-corrected chi connectivity index (χ2v) is 20.8. The number of aromatic nitrogens is 2. The van der Waals surface area contributed by atoms with Crippen LogP contribution in [0.3, 0.4) is 0 Å². The summed E-state index contributed by atoms with van der Waals surface area (Å²) in [6, 6.07) is 116. The zero-order chi connectivity index (χ0) is 52.9. The first-order valence-corrected chi connectivity index (χ1v) is 27.6. The molecule has 0 saturated carbocycles. The molecule has 0 N–H and O–H groups in total. The molecule has 0 bridgehead atoms. The summed E-state index contributed by atoms with van der Waals surface area (Å²) in [6.07, 6.45) is 0. The van der Waals surface area contributed by atoms with Gasteiger partial charge in [0.1, 0.15) is 0 Å². The molecule has 0 unspecified atom stereocenters. The minimum Gasteiger partial charge on any atom is -0.309 e. The lowest BCUT2D eigenvalue weighted by molar-refractivity contribution is 1.18. The maximum atomic E-state index is 2.46. The molecule has 374 valence electrons. The Morgan fingerprint density at radius 2 is 0.487 bits per heavy atom. The molecule has 15 rings (SSSR count). The summed E-state index contributed by atoms with van der Waals surface area (Å²) >= 11 is 0. The van der Waals surface area contributed by atoms with Crippen molar-refractivity contribution >= 4 is 43.6 Å². The molecule has 0 aliphatic rings.